The quantitative estimate of drug-likeness (QED) is 0.686. The zero-order valence-corrected chi connectivity index (χ0v) is 15.4. The predicted octanol–water partition coefficient (Wildman–Crippen LogP) is 5.46. The van der Waals surface area contributed by atoms with Crippen LogP contribution in [-0.2, 0) is 9.53 Å². The van der Waals surface area contributed by atoms with Crippen molar-refractivity contribution in [3.05, 3.63) is 39.8 Å². The molecule has 3 rings (SSSR count). The number of amides is 1. The highest BCUT2D eigenvalue weighted by Crippen LogP contribution is 2.33. The number of aromatic nitrogens is 1. The number of thiazole rings is 1. The standard InChI is InChI=1S/C17H18Cl2N2O2S/c18-14-6-4-12(11-15(14)19)21(17-20-8-10-24-17)16(22)7-5-13-3-1-2-9-23-13/h4,6,8,10-11,13H,1-3,5,7,9H2/t13-/m1/s1. The second-order valence-corrected chi connectivity index (χ2v) is 7.36. The van der Waals surface area contributed by atoms with E-state index in [9.17, 15) is 4.79 Å². The molecule has 7 heteroatoms. The number of ether oxygens (including phenoxy) is 1. The minimum absolute atomic E-state index is 0.0162. The van der Waals surface area contributed by atoms with Gasteiger partial charge in [-0.15, -0.1) is 11.3 Å². The Morgan fingerprint density at radius 2 is 2.21 bits per heavy atom. The SMILES string of the molecule is O=C(CC[C@H]1CCCCO1)N(c1ccc(Cl)c(Cl)c1)c1nccs1. The van der Waals surface area contributed by atoms with Crippen molar-refractivity contribution >= 4 is 51.3 Å². The zero-order chi connectivity index (χ0) is 16.9. The van der Waals surface area contributed by atoms with Gasteiger partial charge < -0.3 is 4.74 Å². The normalized spacial score (nSPS) is 17.7. The van der Waals surface area contributed by atoms with Crippen molar-refractivity contribution in [3.8, 4) is 0 Å². The third-order valence-electron chi connectivity index (χ3n) is 3.98. The zero-order valence-electron chi connectivity index (χ0n) is 13.1. The largest absolute Gasteiger partial charge is 0.378 e. The van der Waals surface area contributed by atoms with Crippen molar-refractivity contribution in [1.29, 1.82) is 0 Å². The Kier molecular flexibility index (Phi) is 6.11. The van der Waals surface area contributed by atoms with Gasteiger partial charge in [0.05, 0.1) is 21.8 Å². The molecule has 1 amide bonds. The van der Waals surface area contributed by atoms with E-state index in [0.717, 1.165) is 25.9 Å². The van der Waals surface area contributed by atoms with Gasteiger partial charge in [0.1, 0.15) is 0 Å². The molecule has 2 heterocycles. The van der Waals surface area contributed by atoms with Crippen LogP contribution in [0.25, 0.3) is 0 Å². The van der Waals surface area contributed by atoms with Crippen LogP contribution in [0.1, 0.15) is 32.1 Å². The summed E-state index contributed by atoms with van der Waals surface area (Å²) in [6, 6.07) is 5.17. The summed E-state index contributed by atoms with van der Waals surface area (Å²) < 4.78 is 5.72. The lowest BCUT2D eigenvalue weighted by molar-refractivity contribution is -0.118. The van der Waals surface area contributed by atoms with E-state index in [0.29, 0.717) is 27.3 Å². The Bertz CT molecular complexity index is 688. The second kappa shape index (κ2) is 8.30. The maximum absolute atomic E-state index is 12.8. The number of anilines is 2. The lowest BCUT2D eigenvalue weighted by Gasteiger charge is -2.24. The van der Waals surface area contributed by atoms with Gasteiger partial charge in [-0.05, 0) is 43.9 Å². The molecule has 128 valence electrons. The number of nitrogens with zero attached hydrogens (tertiary/aromatic N) is 2. The van der Waals surface area contributed by atoms with Gasteiger partial charge in [-0.3, -0.25) is 9.69 Å². The van der Waals surface area contributed by atoms with Crippen LogP contribution in [0, 0.1) is 0 Å². The number of carbonyl (C=O) groups excluding carboxylic acids is 1. The van der Waals surface area contributed by atoms with E-state index in [1.165, 1.54) is 17.8 Å². The fourth-order valence-corrected chi connectivity index (χ4v) is 3.71. The molecule has 0 aliphatic carbocycles. The molecule has 0 unspecified atom stereocenters. The molecule has 0 bridgehead atoms. The molecule has 0 radical (unpaired) electrons. The van der Waals surface area contributed by atoms with Crippen LogP contribution in [0.5, 0.6) is 0 Å². The van der Waals surface area contributed by atoms with E-state index in [2.05, 4.69) is 4.98 Å². The van der Waals surface area contributed by atoms with Crippen molar-refractivity contribution in [3.63, 3.8) is 0 Å². The van der Waals surface area contributed by atoms with E-state index in [4.69, 9.17) is 27.9 Å². The van der Waals surface area contributed by atoms with E-state index in [1.54, 1.807) is 29.3 Å². The number of rotatable bonds is 5. The van der Waals surface area contributed by atoms with E-state index < -0.39 is 0 Å². The van der Waals surface area contributed by atoms with Crippen LogP contribution in [-0.4, -0.2) is 23.6 Å². The van der Waals surface area contributed by atoms with Crippen molar-refractivity contribution in [2.24, 2.45) is 0 Å². The first-order valence-corrected chi connectivity index (χ1v) is 9.58. The molecule has 1 fully saturated rings. The van der Waals surface area contributed by atoms with Crippen LogP contribution in [0.4, 0.5) is 10.8 Å². The summed E-state index contributed by atoms with van der Waals surface area (Å²) in [5.41, 5.74) is 0.675. The molecule has 0 saturated carbocycles. The molecular weight excluding hydrogens is 367 g/mol. The molecule has 1 atom stereocenters. The summed E-state index contributed by atoms with van der Waals surface area (Å²) in [5.74, 6) is -0.0162. The molecule has 24 heavy (non-hydrogen) atoms. The predicted molar refractivity (Wildman–Crippen MR) is 98.5 cm³/mol. The third-order valence-corrected chi connectivity index (χ3v) is 5.47. The Morgan fingerprint density at radius 3 is 2.88 bits per heavy atom. The molecule has 1 aliphatic rings. The van der Waals surface area contributed by atoms with E-state index in [-0.39, 0.29) is 12.0 Å². The highest BCUT2D eigenvalue weighted by atomic mass is 35.5. The summed E-state index contributed by atoms with van der Waals surface area (Å²) >= 11 is 13.5. The van der Waals surface area contributed by atoms with Gasteiger partial charge in [0.25, 0.3) is 0 Å². The molecular formula is C17H18Cl2N2O2S. The van der Waals surface area contributed by atoms with Gasteiger partial charge in [0.15, 0.2) is 5.13 Å². The minimum atomic E-state index is -0.0162. The summed E-state index contributed by atoms with van der Waals surface area (Å²) in [4.78, 5) is 18.7. The lowest BCUT2D eigenvalue weighted by atomic mass is 10.0. The smallest absolute Gasteiger partial charge is 0.233 e. The topological polar surface area (TPSA) is 42.4 Å². The second-order valence-electron chi connectivity index (χ2n) is 5.67. The van der Waals surface area contributed by atoms with E-state index >= 15 is 0 Å². The number of hydrogen-bond acceptors (Lipinski definition) is 4. The fourth-order valence-electron chi connectivity index (χ4n) is 2.74. The molecule has 1 saturated heterocycles. The van der Waals surface area contributed by atoms with Gasteiger partial charge in [-0.25, -0.2) is 4.98 Å². The first kappa shape index (κ1) is 17.7. The van der Waals surface area contributed by atoms with Crippen LogP contribution >= 0.6 is 34.5 Å². The Labute approximate surface area is 155 Å². The van der Waals surface area contributed by atoms with Crippen LogP contribution in [0.2, 0.25) is 10.0 Å². The molecule has 4 nitrogen and oxygen atoms in total. The van der Waals surface area contributed by atoms with Crippen molar-refractivity contribution in [2.45, 2.75) is 38.2 Å². The van der Waals surface area contributed by atoms with Gasteiger partial charge >= 0.3 is 0 Å². The number of hydrogen-bond donors (Lipinski definition) is 0. The van der Waals surface area contributed by atoms with Crippen LogP contribution < -0.4 is 4.90 Å². The van der Waals surface area contributed by atoms with Gasteiger partial charge in [0.2, 0.25) is 5.91 Å². The number of carbonyl (C=O) groups is 1. The van der Waals surface area contributed by atoms with Gasteiger partial charge in [0, 0.05) is 24.6 Å². The molecule has 0 N–H and O–H groups in total. The third kappa shape index (κ3) is 4.28. The summed E-state index contributed by atoms with van der Waals surface area (Å²) in [5, 5.41) is 3.35. The van der Waals surface area contributed by atoms with Crippen LogP contribution in [0.3, 0.4) is 0 Å². The monoisotopic (exact) mass is 384 g/mol. The maximum atomic E-state index is 12.8. The molecule has 2 aromatic rings. The summed E-state index contributed by atoms with van der Waals surface area (Å²) in [7, 11) is 0. The number of halogens is 2. The maximum Gasteiger partial charge on any atom is 0.233 e. The minimum Gasteiger partial charge on any atom is -0.378 e. The average Bonchev–Trinajstić information content (AvgIpc) is 3.11. The van der Waals surface area contributed by atoms with E-state index in [1.807, 2.05) is 5.38 Å². The highest BCUT2D eigenvalue weighted by Gasteiger charge is 2.23. The van der Waals surface area contributed by atoms with Gasteiger partial charge in [-0.1, -0.05) is 23.2 Å². The van der Waals surface area contributed by atoms with Crippen molar-refractivity contribution in [1.82, 2.24) is 4.98 Å². The number of benzene rings is 1. The molecule has 1 aromatic heterocycles. The Hall–Kier alpha value is -1.14. The van der Waals surface area contributed by atoms with Crippen molar-refractivity contribution < 1.29 is 9.53 Å². The molecule has 1 aliphatic heterocycles. The highest BCUT2D eigenvalue weighted by molar-refractivity contribution is 7.13. The summed E-state index contributed by atoms with van der Waals surface area (Å²) in [6.07, 6.45) is 6.29. The summed E-state index contributed by atoms with van der Waals surface area (Å²) in [6.45, 7) is 0.793. The first-order chi connectivity index (χ1) is 11.6. The van der Waals surface area contributed by atoms with Gasteiger partial charge in [-0.2, -0.15) is 0 Å². The van der Waals surface area contributed by atoms with Crippen molar-refractivity contribution in [2.75, 3.05) is 11.5 Å². The Morgan fingerprint density at radius 1 is 1.33 bits per heavy atom. The average molecular weight is 385 g/mol. The fraction of sp³-hybridized carbons (Fsp3) is 0.412. The molecule has 1 aromatic carbocycles. The molecule has 0 spiro atoms. The Balaban J connectivity index is 1.76. The lowest BCUT2D eigenvalue weighted by Crippen LogP contribution is -2.28. The first-order valence-electron chi connectivity index (χ1n) is 7.94. The van der Waals surface area contributed by atoms with Crippen LogP contribution in [0.15, 0.2) is 29.8 Å².